The molecule has 1 heterocycles. The van der Waals surface area contributed by atoms with Gasteiger partial charge in [0.25, 0.3) is 5.91 Å². The maximum absolute atomic E-state index is 12.6. The van der Waals surface area contributed by atoms with Gasteiger partial charge in [0.15, 0.2) is 0 Å². The molecule has 2 aromatic carbocycles. The van der Waals surface area contributed by atoms with Gasteiger partial charge in [-0.05, 0) is 50.6 Å². The number of benzene rings is 2. The van der Waals surface area contributed by atoms with Gasteiger partial charge in [-0.25, -0.2) is 9.59 Å². The summed E-state index contributed by atoms with van der Waals surface area (Å²) in [5, 5.41) is 5.70. The van der Waals surface area contributed by atoms with Gasteiger partial charge in [0.2, 0.25) is 0 Å². The fourth-order valence-corrected chi connectivity index (χ4v) is 3.26. The Bertz CT molecular complexity index is 1010. The molecule has 3 rings (SSSR count). The predicted octanol–water partition coefficient (Wildman–Crippen LogP) is 3.78. The molecule has 1 aliphatic heterocycles. The number of hydrogen-bond donors (Lipinski definition) is 2. The summed E-state index contributed by atoms with van der Waals surface area (Å²) in [6, 6.07) is 13.3. The Labute approximate surface area is 175 Å². The van der Waals surface area contributed by atoms with Crippen molar-refractivity contribution < 1.29 is 19.1 Å². The van der Waals surface area contributed by atoms with E-state index in [0.29, 0.717) is 28.1 Å². The Balaban J connectivity index is 1.91. The van der Waals surface area contributed by atoms with Crippen molar-refractivity contribution >= 4 is 23.6 Å². The number of amides is 3. The predicted molar refractivity (Wildman–Crippen MR) is 114 cm³/mol. The Kier molecular flexibility index (Phi) is 6.20. The highest BCUT2D eigenvalue weighted by Gasteiger charge is 2.35. The summed E-state index contributed by atoms with van der Waals surface area (Å²) < 4.78 is 5.20. The van der Waals surface area contributed by atoms with Crippen LogP contribution in [0.25, 0.3) is 0 Å². The van der Waals surface area contributed by atoms with Crippen LogP contribution in [0.15, 0.2) is 59.8 Å². The van der Waals surface area contributed by atoms with E-state index in [-0.39, 0.29) is 18.5 Å². The van der Waals surface area contributed by atoms with Crippen LogP contribution in [0.2, 0.25) is 0 Å². The van der Waals surface area contributed by atoms with E-state index in [1.807, 2.05) is 19.1 Å². The Morgan fingerprint density at radius 3 is 2.50 bits per heavy atom. The van der Waals surface area contributed by atoms with Crippen LogP contribution in [0.3, 0.4) is 0 Å². The molecule has 2 N–H and O–H groups in total. The van der Waals surface area contributed by atoms with E-state index >= 15 is 0 Å². The minimum absolute atomic E-state index is 0.229. The van der Waals surface area contributed by atoms with Gasteiger partial charge < -0.3 is 20.3 Å². The van der Waals surface area contributed by atoms with E-state index in [0.717, 1.165) is 5.56 Å². The van der Waals surface area contributed by atoms with Gasteiger partial charge in [-0.1, -0.05) is 29.8 Å². The van der Waals surface area contributed by atoms with Crippen molar-refractivity contribution in [1.82, 2.24) is 10.2 Å². The van der Waals surface area contributed by atoms with Crippen LogP contribution in [0.5, 0.6) is 0 Å². The molecule has 30 heavy (non-hydrogen) atoms. The second-order valence-electron chi connectivity index (χ2n) is 7.11. The van der Waals surface area contributed by atoms with Crippen molar-refractivity contribution in [2.24, 2.45) is 0 Å². The first kappa shape index (κ1) is 21.1. The number of nitrogens with one attached hydrogen (secondary N) is 2. The maximum Gasteiger partial charge on any atom is 0.338 e. The van der Waals surface area contributed by atoms with Gasteiger partial charge in [-0.2, -0.15) is 0 Å². The number of allylic oxidation sites excluding steroid dienone is 1. The zero-order chi connectivity index (χ0) is 21.8. The average Bonchev–Trinajstić information content (AvgIpc) is 2.72. The fourth-order valence-electron chi connectivity index (χ4n) is 3.26. The standard InChI is InChI=1S/C23H25N3O4/c1-5-30-22(28)19-15(3)26(4)23(29)25-20(19)17-7-6-8-18(13-17)24-21(27)16-11-9-14(2)10-12-16/h6-13,20H,5H2,1-4H3,(H,24,27)(H,25,29). The molecule has 0 bridgehead atoms. The van der Waals surface area contributed by atoms with E-state index < -0.39 is 12.0 Å². The van der Waals surface area contributed by atoms with Gasteiger partial charge in [-0.15, -0.1) is 0 Å². The highest BCUT2D eigenvalue weighted by Crippen LogP contribution is 2.31. The van der Waals surface area contributed by atoms with E-state index in [1.54, 1.807) is 57.3 Å². The molecule has 1 atom stereocenters. The van der Waals surface area contributed by atoms with Crippen molar-refractivity contribution in [3.8, 4) is 0 Å². The molecular weight excluding hydrogens is 382 g/mol. The molecular formula is C23H25N3O4. The summed E-state index contributed by atoms with van der Waals surface area (Å²) in [4.78, 5) is 38.9. The maximum atomic E-state index is 12.6. The lowest BCUT2D eigenvalue weighted by atomic mass is 9.94. The number of urea groups is 1. The molecule has 0 saturated heterocycles. The van der Waals surface area contributed by atoms with Crippen LogP contribution in [-0.4, -0.2) is 36.5 Å². The Morgan fingerprint density at radius 2 is 1.83 bits per heavy atom. The highest BCUT2D eigenvalue weighted by molar-refractivity contribution is 6.04. The number of hydrogen-bond acceptors (Lipinski definition) is 4. The SMILES string of the molecule is CCOC(=O)C1=C(C)N(C)C(=O)NC1c1cccc(NC(=O)c2ccc(C)cc2)c1. The molecule has 0 spiro atoms. The number of rotatable bonds is 5. The molecule has 0 fully saturated rings. The van der Waals surface area contributed by atoms with E-state index in [1.165, 1.54) is 4.90 Å². The summed E-state index contributed by atoms with van der Waals surface area (Å²) in [7, 11) is 1.60. The normalized spacial score (nSPS) is 16.2. The smallest absolute Gasteiger partial charge is 0.338 e. The van der Waals surface area contributed by atoms with E-state index in [2.05, 4.69) is 10.6 Å². The number of nitrogens with zero attached hydrogens (tertiary/aromatic N) is 1. The third-order valence-electron chi connectivity index (χ3n) is 5.04. The molecule has 0 radical (unpaired) electrons. The minimum Gasteiger partial charge on any atom is -0.463 e. The molecule has 1 unspecified atom stereocenters. The second kappa shape index (κ2) is 8.82. The van der Waals surface area contributed by atoms with Crippen LogP contribution in [0, 0.1) is 6.92 Å². The van der Waals surface area contributed by atoms with Crippen LogP contribution < -0.4 is 10.6 Å². The quantitative estimate of drug-likeness (QED) is 0.739. The first-order chi connectivity index (χ1) is 14.3. The van der Waals surface area contributed by atoms with Gasteiger partial charge in [0, 0.05) is 24.0 Å². The molecule has 3 amide bonds. The zero-order valence-corrected chi connectivity index (χ0v) is 17.5. The summed E-state index contributed by atoms with van der Waals surface area (Å²) in [6.45, 7) is 5.63. The topological polar surface area (TPSA) is 87.7 Å². The lowest BCUT2D eigenvalue weighted by Crippen LogP contribution is -2.46. The number of carbonyl (C=O) groups excluding carboxylic acids is 3. The largest absolute Gasteiger partial charge is 0.463 e. The number of carbonyl (C=O) groups is 3. The zero-order valence-electron chi connectivity index (χ0n) is 17.5. The number of anilines is 1. The Hall–Kier alpha value is -3.61. The summed E-state index contributed by atoms with van der Waals surface area (Å²) in [5.74, 6) is -0.724. The van der Waals surface area contributed by atoms with Crippen molar-refractivity contribution in [1.29, 1.82) is 0 Å². The monoisotopic (exact) mass is 407 g/mol. The molecule has 0 saturated carbocycles. The molecule has 2 aromatic rings. The Morgan fingerprint density at radius 1 is 1.13 bits per heavy atom. The second-order valence-corrected chi connectivity index (χ2v) is 7.11. The third kappa shape index (κ3) is 4.35. The number of esters is 1. The average molecular weight is 407 g/mol. The van der Waals surface area contributed by atoms with Crippen molar-refractivity contribution in [2.45, 2.75) is 26.8 Å². The van der Waals surface area contributed by atoms with Gasteiger partial charge in [0.1, 0.15) is 0 Å². The van der Waals surface area contributed by atoms with Crippen LogP contribution in [-0.2, 0) is 9.53 Å². The van der Waals surface area contributed by atoms with Crippen LogP contribution >= 0.6 is 0 Å². The highest BCUT2D eigenvalue weighted by atomic mass is 16.5. The first-order valence-corrected chi connectivity index (χ1v) is 9.72. The van der Waals surface area contributed by atoms with Crippen LogP contribution in [0.1, 0.15) is 41.4 Å². The van der Waals surface area contributed by atoms with Crippen molar-refractivity contribution in [3.63, 3.8) is 0 Å². The molecule has 7 heteroatoms. The van der Waals surface area contributed by atoms with Gasteiger partial charge in [0.05, 0.1) is 18.2 Å². The first-order valence-electron chi connectivity index (χ1n) is 9.72. The molecule has 1 aliphatic rings. The molecule has 7 nitrogen and oxygen atoms in total. The van der Waals surface area contributed by atoms with Gasteiger partial charge >= 0.3 is 12.0 Å². The fraction of sp³-hybridized carbons (Fsp3) is 0.261. The van der Waals surface area contributed by atoms with Crippen molar-refractivity contribution in [2.75, 3.05) is 19.0 Å². The summed E-state index contributed by atoms with van der Waals surface area (Å²) in [6.07, 6.45) is 0. The lowest BCUT2D eigenvalue weighted by molar-refractivity contribution is -0.139. The number of aryl methyl sites for hydroxylation is 1. The van der Waals surface area contributed by atoms with Crippen molar-refractivity contribution in [3.05, 3.63) is 76.5 Å². The molecule has 0 aliphatic carbocycles. The van der Waals surface area contributed by atoms with E-state index in [4.69, 9.17) is 4.74 Å². The van der Waals surface area contributed by atoms with E-state index in [9.17, 15) is 14.4 Å². The molecule has 156 valence electrons. The molecule has 0 aromatic heterocycles. The summed E-state index contributed by atoms with van der Waals surface area (Å²) >= 11 is 0. The lowest BCUT2D eigenvalue weighted by Gasteiger charge is -2.33. The third-order valence-corrected chi connectivity index (χ3v) is 5.04. The summed E-state index contributed by atoms with van der Waals surface area (Å²) in [5.41, 5.74) is 3.73. The van der Waals surface area contributed by atoms with Gasteiger partial charge in [-0.3, -0.25) is 4.79 Å². The number of ether oxygens (including phenoxy) is 1. The van der Waals surface area contributed by atoms with Crippen LogP contribution in [0.4, 0.5) is 10.5 Å². The minimum atomic E-state index is -0.677.